The number of rotatable bonds is 10. The Hall–Kier alpha value is -3.59. The summed E-state index contributed by atoms with van der Waals surface area (Å²) < 4.78 is 42.3. The number of nitrogens with zero attached hydrogens (tertiary/aromatic N) is 2. The number of amides is 2. The van der Waals surface area contributed by atoms with Crippen molar-refractivity contribution in [2.24, 2.45) is 5.92 Å². The van der Waals surface area contributed by atoms with Crippen LogP contribution in [0.4, 0.5) is 13.2 Å². The number of aromatic hydroxyl groups is 1. The number of halogens is 4. The summed E-state index contributed by atoms with van der Waals surface area (Å²) in [4.78, 5) is 32.4. The molecule has 1 aliphatic carbocycles. The zero-order chi connectivity index (χ0) is 28.0. The third-order valence-corrected chi connectivity index (χ3v) is 7.08. The fraction of sp³-hybridized carbons (Fsp3) is 0.345. The van der Waals surface area contributed by atoms with Crippen LogP contribution in [0.25, 0.3) is 0 Å². The van der Waals surface area contributed by atoms with Crippen LogP contribution < -0.4 is 5.32 Å². The number of carbonyl (C=O) groups excluding carboxylic acids is 2. The minimum atomic E-state index is -2.84. The largest absolute Gasteiger partial charge is 0.508 e. The van der Waals surface area contributed by atoms with E-state index < -0.39 is 41.9 Å². The van der Waals surface area contributed by atoms with Crippen LogP contribution >= 0.6 is 11.6 Å². The molecular formula is C29H29ClF3N3O3. The number of hydrogen-bond donors (Lipinski definition) is 2. The van der Waals surface area contributed by atoms with Crippen molar-refractivity contribution in [2.45, 2.75) is 50.6 Å². The molecule has 0 saturated heterocycles. The van der Waals surface area contributed by atoms with E-state index in [1.165, 1.54) is 23.2 Å². The molecule has 0 bridgehead atoms. The topological polar surface area (TPSA) is 82.5 Å². The Morgan fingerprint density at radius 2 is 1.79 bits per heavy atom. The van der Waals surface area contributed by atoms with Gasteiger partial charge in [-0.3, -0.25) is 14.6 Å². The van der Waals surface area contributed by atoms with Crippen molar-refractivity contribution in [1.82, 2.24) is 15.2 Å². The number of nitrogens with one attached hydrogen (secondary N) is 1. The quantitative estimate of drug-likeness (QED) is 0.327. The number of hydrogen-bond acceptors (Lipinski definition) is 4. The van der Waals surface area contributed by atoms with Crippen molar-refractivity contribution < 1.29 is 27.9 Å². The molecule has 1 fully saturated rings. The minimum absolute atomic E-state index is 0.0163. The van der Waals surface area contributed by atoms with Gasteiger partial charge in [-0.05, 0) is 60.2 Å². The summed E-state index contributed by atoms with van der Waals surface area (Å²) in [6.45, 7) is 0.0336. The van der Waals surface area contributed by atoms with Gasteiger partial charge in [-0.15, -0.1) is 0 Å². The SMILES string of the molecule is O=C(NCc1ccc(Cl)cc1)C(c1cncc(F)c1)N(CC1CCC(F)(F)C1)C(=O)CCc1ccc(O)cc1. The first-order valence-corrected chi connectivity index (χ1v) is 13.1. The van der Waals surface area contributed by atoms with E-state index in [-0.39, 0.29) is 43.7 Å². The van der Waals surface area contributed by atoms with Gasteiger partial charge in [0.05, 0.1) is 6.20 Å². The van der Waals surface area contributed by atoms with E-state index in [9.17, 15) is 27.9 Å². The number of aromatic nitrogens is 1. The second kappa shape index (κ2) is 12.5. The molecule has 0 aliphatic heterocycles. The highest BCUT2D eigenvalue weighted by Crippen LogP contribution is 2.40. The highest BCUT2D eigenvalue weighted by atomic mass is 35.5. The van der Waals surface area contributed by atoms with E-state index in [1.807, 2.05) is 0 Å². The standard InChI is InChI=1S/C29H29ClF3N3O3/c30-23-6-1-20(2-7-23)15-35-28(39)27(22-13-24(31)17-34-16-22)36(18-21-11-12-29(32,33)14-21)26(38)10-5-19-3-8-25(37)9-4-19/h1-4,6-9,13,16-17,21,27,37H,5,10-12,14-15,18H2,(H,35,39). The Morgan fingerprint density at radius 1 is 1.10 bits per heavy atom. The van der Waals surface area contributed by atoms with Crippen LogP contribution in [0.15, 0.2) is 67.0 Å². The van der Waals surface area contributed by atoms with Crippen molar-refractivity contribution in [3.05, 3.63) is 94.5 Å². The fourth-order valence-corrected chi connectivity index (χ4v) is 4.95. The average molecular weight is 560 g/mol. The van der Waals surface area contributed by atoms with Crippen LogP contribution in [-0.2, 0) is 22.6 Å². The summed E-state index contributed by atoms with van der Waals surface area (Å²) in [6, 6.07) is 13.0. The van der Waals surface area contributed by atoms with Crippen LogP contribution in [0, 0.1) is 11.7 Å². The summed E-state index contributed by atoms with van der Waals surface area (Å²) >= 11 is 5.94. The van der Waals surface area contributed by atoms with Gasteiger partial charge in [0.25, 0.3) is 0 Å². The lowest BCUT2D eigenvalue weighted by molar-refractivity contribution is -0.141. The first kappa shape index (κ1) is 28.4. The Labute approximate surface area is 229 Å². The zero-order valence-corrected chi connectivity index (χ0v) is 21.9. The van der Waals surface area contributed by atoms with Crippen LogP contribution in [0.2, 0.25) is 5.02 Å². The van der Waals surface area contributed by atoms with Gasteiger partial charge in [-0.2, -0.15) is 0 Å². The molecule has 2 unspecified atom stereocenters. The summed E-state index contributed by atoms with van der Waals surface area (Å²) in [5, 5.41) is 12.9. The maximum Gasteiger partial charge on any atom is 0.248 e. The summed E-state index contributed by atoms with van der Waals surface area (Å²) in [5.74, 6) is -4.98. The van der Waals surface area contributed by atoms with Gasteiger partial charge in [0.2, 0.25) is 17.7 Å². The van der Waals surface area contributed by atoms with E-state index in [2.05, 4.69) is 10.3 Å². The maximum atomic E-state index is 14.2. The lowest BCUT2D eigenvalue weighted by Crippen LogP contribution is -2.45. The van der Waals surface area contributed by atoms with E-state index in [0.717, 1.165) is 23.4 Å². The number of phenolic OH excluding ortho intramolecular Hbond substituents is 1. The Bertz CT molecular complexity index is 1290. The molecule has 0 spiro atoms. The number of pyridine rings is 1. The van der Waals surface area contributed by atoms with E-state index in [1.54, 1.807) is 36.4 Å². The van der Waals surface area contributed by atoms with Crippen LogP contribution in [0.5, 0.6) is 5.75 Å². The average Bonchev–Trinajstić information content (AvgIpc) is 3.25. The van der Waals surface area contributed by atoms with Crippen molar-refractivity contribution in [2.75, 3.05) is 6.54 Å². The minimum Gasteiger partial charge on any atom is -0.508 e. The monoisotopic (exact) mass is 559 g/mol. The van der Waals surface area contributed by atoms with Gasteiger partial charge in [-0.1, -0.05) is 35.9 Å². The molecule has 1 saturated carbocycles. The highest BCUT2D eigenvalue weighted by molar-refractivity contribution is 6.30. The predicted octanol–water partition coefficient (Wildman–Crippen LogP) is 5.83. The number of benzene rings is 2. The van der Waals surface area contributed by atoms with Crippen molar-refractivity contribution in [1.29, 1.82) is 0 Å². The molecular weight excluding hydrogens is 531 g/mol. The van der Waals surface area contributed by atoms with Gasteiger partial charge in [0.1, 0.15) is 17.6 Å². The van der Waals surface area contributed by atoms with Crippen molar-refractivity contribution in [3.63, 3.8) is 0 Å². The summed E-state index contributed by atoms with van der Waals surface area (Å²) in [6.07, 6.45) is 2.10. The van der Waals surface area contributed by atoms with Gasteiger partial charge >= 0.3 is 0 Å². The maximum absolute atomic E-state index is 14.2. The molecule has 4 rings (SSSR count). The Kier molecular flexibility index (Phi) is 9.12. The number of carbonyl (C=O) groups is 2. The Balaban J connectivity index is 1.61. The molecule has 39 heavy (non-hydrogen) atoms. The molecule has 2 atom stereocenters. The van der Waals surface area contributed by atoms with Gasteiger partial charge < -0.3 is 15.3 Å². The van der Waals surface area contributed by atoms with Crippen LogP contribution in [0.1, 0.15) is 48.4 Å². The molecule has 1 heterocycles. The van der Waals surface area contributed by atoms with Gasteiger partial charge in [0, 0.05) is 49.1 Å². The van der Waals surface area contributed by atoms with E-state index >= 15 is 0 Å². The molecule has 1 aliphatic rings. The molecule has 1 aromatic heterocycles. The third kappa shape index (κ3) is 7.95. The normalized spacial score (nSPS) is 17.0. The van der Waals surface area contributed by atoms with E-state index in [0.29, 0.717) is 11.4 Å². The number of aryl methyl sites for hydroxylation is 1. The first-order chi connectivity index (χ1) is 18.6. The molecule has 206 valence electrons. The molecule has 3 aromatic rings. The van der Waals surface area contributed by atoms with Crippen molar-refractivity contribution >= 4 is 23.4 Å². The van der Waals surface area contributed by atoms with Crippen LogP contribution in [-0.4, -0.2) is 39.3 Å². The molecule has 2 N–H and O–H groups in total. The van der Waals surface area contributed by atoms with Crippen molar-refractivity contribution in [3.8, 4) is 5.75 Å². The van der Waals surface area contributed by atoms with Gasteiger partial charge in [-0.25, -0.2) is 13.2 Å². The number of alkyl halides is 2. The number of phenols is 1. The smallest absolute Gasteiger partial charge is 0.248 e. The predicted molar refractivity (Wildman–Crippen MR) is 141 cm³/mol. The lowest BCUT2D eigenvalue weighted by Gasteiger charge is -2.33. The summed E-state index contributed by atoms with van der Waals surface area (Å²) in [5.41, 5.74) is 1.68. The fourth-order valence-electron chi connectivity index (χ4n) is 4.82. The molecule has 2 aromatic carbocycles. The van der Waals surface area contributed by atoms with E-state index in [4.69, 9.17) is 11.6 Å². The highest BCUT2D eigenvalue weighted by Gasteiger charge is 2.42. The molecule has 10 heteroatoms. The zero-order valence-electron chi connectivity index (χ0n) is 21.1. The van der Waals surface area contributed by atoms with Crippen LogP contribution in [0.3, 0.4) is 0 Å². The second-order valence-corrected chi connectivity index (χ2v) is 10.3. The lowest BCUT2D eigenvalue weighted by atomic mass is 10.00. The Morgan fingerprint density at radius 3 is 2.44 bits per heavy atom. The first-order valence-electron chi connectivity index (χ1n) is 12.7. The molecule has 0 radical (unpaired) electrons. The summed E-state index contributed by atoms with van der Waals surface area (Å²) in [7, 11) is 0. The van der Waals surface area contributed by atoms with Gasteiger partial charge in [0.15, 0.2) is 0 Å². The molecule has 2 amide bonds. The molecule has 6 nitrogen and oxygen atoms in total. The third-order valence-electron chi connectivity index (χ3n) is 6.83. The second-order valence-electron chi connectivity index (χ2n) is 9.86.